The number of hydrogen-bond donors (Lipinski definition) is 1. The first-order valence-electron chi connectivity index (χ1n) is 6.70. The van der Waals surface area contributed by atoms with E-state index in [-0.39, 0.29) is 5.60 Å². The van der Waals surface area contributed by atoms with Crippen molar-refractivity contribution in [2.45, 2.75) is 44.9 Å². The summed E-state index contributed by atoms with van der Waals surface area (Å²) in [4.78, 5) is 0. The third kappa shape index (κ3) is 4.20. The summed E-state index contributed by atoms with van der Waals surface area (Å²) in [6, 6.07) is 6.73. The Morgan fingerprint density at radius 1 is 1.47 bits per heavy atom. The van der Waals surface area contributed by atoms with Crippen molar-refractivity contribution in [2.24, 2.45) is 0 Å². The molecule has 3 nitrogen and oxygen atoms in total. The van der Waals surface area contributed by atoms with Gasteiger partial charge in [-0.2, -0.15) is 0 Å². The molecule has 19 heavy (non-hydrogen) atoms. The lowest BCUT2D eigenvalue weighted by atomic mass is 9.94. The summed E-state index contributed by atoms with van der Waals surface area (Å²) in [5.41, 5.74) is 1.26. The van der Waals surface area contributed by atoms with Crippen LogP contribution >= 0.6 is 15.9 Å². The molecule has 1 N–H and O–H groups in total. The fraction of sp³-hybridized carbons (Fsp3) is 0.600. The van der Waals surface area contributed by atoms with E-state index in [0.29, 0.717) is 6.04 Å². The molecule has 1 unspecified atom stereocenters. The van der Waals surface area contributed by atoms with Crippen molar-refractivity contribution in [3.8, 4) is 5.75 Å². The van der Waals surface area contributed by atoms with Gasteiger partial charge in [0, 0.05) is 19.2 Å². The van der Waals surface area contributed by atoms with Crippen LogP contribution in [0, 0.1) is 0 Å². The fourth-order valence-corrected chi connectivity index (χ4v) is 3.08. The van der Waals surface area contributed by atoms with Gasteiger partial charge in [-0.15, -0.1) is 0 Å². The summed E-state index contributed by atoms with van der Waals surface area (Å²) in [6.07, 6.45) is 2.14. The molecule has 0 radical (unpaired) electrons. The Bertz CT molecular complexity index is 434. The number of methoxy groups -OCH3 is 1. The molecule has 1 fully saturated rings. The van der Waals surface area contributed by atoms with E-state index in [2.05, 4.69) is 47.2 Å². The zero-order valence-corrected chi connectivity index (χ0v) is 13.4. The third-order valence-electron chi connectivity index (χ3n) is 3.51. The summed E-state index contributed by atoms with van der Waals surface area (Å²) in [6.45, 7) is 6.04. The monoisotopic (exact) mass is 327 g/mol. The Morgan fingerprint density at radius 2 is 2.26 bits per heavy atom. The first kappa shape index (κ1) is 14.8. The zero-order chi connectivity index (χ0) is 13.9. The topological polar surface area (TPSA) is 30.5 Å². The van der Waals surface area contributed by atoms with Gasteiger partial charge >= 0.3 is 0 Å². The highest BCUT2D eigenvalue weighted by Crippen LogP contribution is 2.26. The maximum atomic E-state index is 5.73. The van der Waals surface area contributed by atoms with Crippen LogP contribution in [-0.2, 0) is 11.3 Å². The molecule has 106 valence electrons. The predicted molar refractivity (Wildman–Crippen MR) is 80.6 cm³/mol. The zero-order valence-electron chi connectivity index (χ0n) is 11.8. The molecular weight excluding hydrogens is 306 g/mol. The van der Waals surface area contributed by atoms with Crippen molar-refractivity contribution in [3.63, 3.8) is 0 Å². The van der Waals surface area contributed by atoms with Crippen molar-refractivity contribution < 1.29 is 9.47 Å². The van der Waals surface area contributed by atoms with Gasteiger partial charge in [0.25, 0.3) is 0 Å². The molecule has 1 aromatic carbocycles. The molecule has 0 amide bonds. The third-order valence-corrected chi connectivity index (χ3v) is 4.13. The van der Waals surface area contributed by atoms with Gasteiger partial charge in [0.15, 0.2) is 0 Å². The normalized spacial score (nSPS) is 22.2. The van der Waals surface area contributed by atoms with Gasteiger partial charge in [-0.25, -0.2) is 0 Å². The molecule has 0 aliphatic carbocycles. The SMILES string of the molecule is COc1ccc(CNC2CCOC(C)(C)C2)cc1Br. The molecule has 0 saturated carbocycles. The van der Waals surface area contributed by atoms with Crippen molar-refractivity contribution in [3.05, 3.63) is 28.2 Å². The Kier molecular flexibility index (Phi) is 4.87. The van der Waals surface area contributed by atoms with Gasteiger partial charge in [-0.3, -0.25) is 0 Å². The molecule has 1 heterocycles. The minimum atomic E-state index is -0.00356. The van der Waals surface area contributed by atoms with Crippen molar-refractivity contribution in [1.29, 1.82) is 0 Å². The van der Waals surface area contributed by atoms with E-state index in [4.69, 9.17) is 9.47 Å². The first-order valence-corrected chi connectivity index (χ1v) is 7.49. The number of rotatable bonds is 4. The van der Waals surface area contributed by atoms with Crippen molar-refractivity contribution in [1.82, 2.24) is 5.32 Å². The largest absolute Gasteiger partial charge is 0.496 e. The summed E-state index contributed by atoms with van der Waals surface area (Å²) >= 11 is 3.52. The van der Waals surface area contributed by atoms with E-state index in [0.717, 1.165) is 36.2 Å². The highest BCUT2D eigenvalue weighted by Gasteiger charge is 2.28. The van der Waals surface area contributed by atoms with E-state index in [1.54, 1.807) is 7.11 Å². The minimum absolute atomic E-state index is 0.00356. The van der Waals surface area contributed by atoms with E-state index in [1.165, 1.54) is 5.56 Å². The van der Waals surface area contributed by atoms with E-state index >= 15 is 0 Å². The van der Waals surface area contributed by atoms with Gasteiger partial charge in [0.2, 0.25) is 0 Å². The molecule has 0 aromatic heterocycles. The van der Waals surface area contributed by atoms with E-state index < -0.39 is 0 Å². The molecule has 4 heteroatoms. The minimum Gasteiger partial charge on any atom is -0.496 e. The lowest BCUT2D eigenvalue weighted by Crippen LogP contribution is -2.43. The summed E-state index contributed by atoms with van der Waals surface area (Å²) in [5, 5.41) is 3.62. The molecule has 0 bridgehead atoms. The molecule has 1 saturated heterocycles. The second-order valence-corrected chi connectivity index (χ2v) is 6.50. The lowest BCUT2D eigenvalue weighted by Gasteiger charge is -2.36. The lowest BCUT2D eigenvalue weighted by molar-refractivity contribution is -0.0630. The summed E-state index contributed by atoms with van der Waals surface area (Å²) in [7, 11) is 1.68. The van der Waals surface area contributed by atoms with E-state index in [9.17, 15) is 0 Å². The Balaban J connectivity index is 1.90. The van der Waals surface area contributed by atoms with Crippen LogP contribution in [0.25, 0.3) is 0 Å². The van der Waals surface area contributed by atoms with Gasteiger partial charge in [-0.1, -0.05) is 6.07 Å². The average molecular weight is 328 g/mol. The van der Waals surface area contributed by atoms with Gasteiger partial charge < -0.3 is 14.8 Å². The second kappa shape index (κ2) is 6.25. The number of benzene rings is 1. The van der Waals surface area contributed by atoms with Gasteiger partial charge in [-0.05, 0) is 60.3 Å². The maximum absolute atomic E-state index is 5.73. The fourth-order valence-electron chi connectivity index (χ4n) is 2.49. The molecule has 1 aromatic rings. The summed E-state index contributed by atoms with van der Waals surface area (Å²) in [5.74, 6) is 0.871. The summed E-state index contributed by atoms with van der Waals surface area (Å²) < 4.78 is 12.0. The molecule has 1 aliphatic rings. The number of nitrogens with one attached hydrogen (secondary N) is 1. The van der Waals surface area contributed by atoms with Crippen LogP contribution < -0.4 is 10.1 Å². The maximum Gasteiger partial charge on any atom is 0.133 e. The van der Waals surface area contributed by atoms with Crippen LogP contribution in [-0.4, -0.2) is 25.4 Å². The van der Waals surface area contributed by atoms with Crippen molar-refractivity contribution in [2.75, 3.05) is 13.7 Å². The molecular formula is C15H22BrNO2. The van der Waals surface area contributed by atoms with Crippen LogP contribution in [0.1, 0.15) is 32.3 Å². The number of ether oxygens (including phenoxy) is 2. The van der Waals surface area contributed by atoms with Crippen molar-refractivity contribution >= 4 is 15.9 Å². The second-order valence-electron chi connectivity index (χ2n) is 5.65. The molecule has 1 atom stereocenters. The Labute approximate surface area is 123 Å². The molecule has 0 spiro atoms. The predicted octanol–water partition coefficient (Wildman–Crippen LogP) is 3.50. The highest BCUT2D eigenvalue weighted by atomic mass is 79.9. The van der Waals surface area contributed by atoms with Crippen LogP contribution in [0.4, 0.5) is 0 Å². The standard InChI is InChI=1S/C15H22BrNO2/c1-15(2)9-12(6-7-19-15)17-10-11-4-5-14(18-3)13(16)8-11/h4-5,8,12,17H,6-7,9-10H2,1-3H3. The van der Waals surface area contributed by atoms with Crippen LogP contribution in [0.15, 0.2) is 22.7 Å². The average Bonchev–Trinajstić information content (AvgIpc) is 2.35. The molecule has 2 rings (SSSR count). The Morgan fingerprint density at radius 3 is 2.89 bits per heavy atom. The van der Waals surface area contributed by atoms with Crippen LogP contribution in [0.3, 0.4) is 0 Å². The van der Waals surface area contributed by atoms with E-state index in [1.807, 2.05) is 6.07 Å². The number of hydrogen-bond acceptors (Lipinski definition) is 3. The van der Waals surface area contributed by atoms with Gasteiger partial charge in [0.05, 0.1) is 17.2 Å². The number of halogens is 1. The quantitative estimate of drug-likeness (QED) is 0.918. The highest BCUT2D eigenvalue weighted by molar-refractivity contribution is 9.10. The first-order chi connectivity index (χ1) is 9.00. The van der Waals surface area contributed by atoms with Crippen LogP contribution in [0.5, 0.6) is 5.75 Å². The van der Waals surface area contributed by atoms with Crippen LogP contribution in [0.2, 0.25) is 0 Å². The smallest absolute Gasteiger partial charge is 0.133 e. The Hall–Kier alpha value is -0.580. The van der Waals surface area contributed by atoms with Gasteiger partial charge in [0.1, 0.15) is 5.75 Å². The molecule has 1 aliphatic heterocycles.